The second kappa shape index (κ2) is 5.74. The van der Waals surface area contributed by atoms with Crippen LogP contribution in [0.1, 0.15) is 5.56 Å². The van der Waals surface area contributed by atoms with Crippen LogP contribution in [-0.4, -0.2) is 14.4 Å². The van der Waals surface area contributed by atoms with Gasteiger partial charge in [-0.15, -0.1) is 0 Å². The van der Waals surface area contributed by atoms with Crippen molar-refractivity contribution in [3.8, 4) is 11.3 Å². The zero-order valence-corrected chi connectivity index (χ0v) is 14.2. The highest BCUT2D eigenvalue weighted by Crippen LogP contribution is 2.29. The van der Waals surface area contributed by atoms with Gasteiger partial charge in [-0.1, -0.05) is 12.1 Å². The lowest BCUT2D eigenvalue weighted by Crippen LogP contribution is -1.96. The molecule has 0 amide bonds. The maximum absolute atomic E-state index is 5.44. The van der Waals surface area contributed by atoms with E-state index in [1.54, 1.807) is 12.5 Å². The first-order valence-electron chi connectivity index (χ1n) is 8.42. The SMILES string of the molecule is Cc1cc(Nc2nccc3occc23)ccc1-c1cccc2nccn12. The zero-order chi connectivity index (χ0) is 17.5. The van der Waals surface area contributed by atoms with Gasteiger partial charge in [0.2, 0.25) is 0 Å². The number of furan rings is 1. The van der Waals surface area contributed by atoms with Crippen molar-refractivity contribution in [3.63, 3.8) is 0 Å². The van der Waals surface area contributed by atoms with Crippen LogP contribution in [0, 0.1) is 6.92 Å². The number of anilines is 2. The number of rotatable bonds is 3. The molecule has 5 rings (SSSR count). The number of hydrogen-bond acceptors (Lipinski definition) is 4. The standard InChI is InChI=1S/C21H16N4O/c1-14-13-15(24-21-17-8-12-26-19(17)7-9-23-21)5-6-16(14)18-3-2-4-20-22-10-11-25(18)20/h2-13H,1H3,(H,23,24). The number of benzene rings is 1. The lowest BCUT2D eigenvalue weighted by atomic mass is 10.0. The van der Waals surface area contributed by atoms with E-state index in [0.29, 0.717) is 0 Å². The van der Waals surface area contributed by atoms with Crippen LogP contribution in [0.2, 0.25) is 0 Å². The van der Waals surface area contributed by atoms with Crippen LogP contribution in [0.4, 0.5) is 11.5 Å². The third kappa shape index (κ3) is 2.33. The van der Waals surface area contributed by atoms with Gasteiger partial charge in [0.15, 0.2) is 0 Å². The lowest BCUT2D eigenvalue weighted by molar-refractivity contribution is 0.615. The maximum Gasteiger partial charge on any atom is 0.141 e. The minimum atomic E-state index is 0.792. The van der Waals surface area contributed by atoms with Crippen molar-refractivity contribution in [2.24, 2.45) is 0 Å². The number of aryl methyl sites for hydroxylation is 1. The van der Waals surface area contributed by atoms with E-state index in [1.807, 2.05) is 36.7 Å². The van der Waals surface area contributed by atoms with E-state index in [2.05, 4.69) is 50.9 Å². The molecular weight excluding hydrogens is 324 g/mol. The molecule has 0 unspecified atom stereocenters. The van der Waals surface area contributed by atoms with E-state index >= 15 is 0 Å². The van der Waals surface area contributed by atoms with E-state index in [1.165, 1.54) is 11.1 Å². The predicted octanol–water partition coefficient (Wildman–Crippen LogP) is 5.19. The third-order valence-corrected chi connectivity index (χ3v) is 4.57. The molecule has 0 saturated carbocycles. The summed E-state index contributed by atoms with van der Waals surface area (Å²) in [6.45, 7) is 2.11. The van der Waals surface area contributed by atoms with Gasteiger partial charge in [0.25, 0.3) is 0 Å². The largest absolute Gasteiger partial charge is 0.464 e. The van der Waals surface area contributed by atoms with Crippen molar-refractivity contribution in [2.75, 3.05) is 5.32 Å². The van der Waals surface area contributed by atoms with Crippen LogP contribution < -0.4 is 5.32 Å². The number of hydrogen-bond donors (Lipinski definition) is 1. The van der Waals surface area contributed by atoms with E-state index in [-0.39, 0.29) is 0 Å². The summed E-state index contributed by atoms with van der Waals surface area (Å²) >= 11 is 0. The Morgan fingerprint density at radius 3 is 2.88 bits per heavy atom. The fraction of sp³-hybridized carbons (Fsp3) is 0.0476. The molecule has 0 spiro atoms. The monoisotopic (exact) mass is 340 g/mol. The topological polar surface area (TPSA) is 55.4 Å². The normalized spacial score (nSPS) is 11.3. The summed E-state index contributed by atoms with van der Waals surface area (Å²) in [7, 11) is 0. The number of nitrogens with one attached hydrogen (secondary N) is 1. The Morgan fingerprint density at radius 1 is 1.00 bits per heavy atom. The Balaban J connectivity index is 1.54. The molecular formula is C21H16N4O. The van der Waals surface area contributed by atoms with Gasteiger partial charge in [-0.2, -0.15) is 0 Å². The molecule has 5 aromatic rings. The summed E-state index contributed by atoms with van der Waals surface area (Å²) in [6, 6.07) is 16.3. The predicted molar refractivity (Wildman–Crippen MR) is 103 cm³/mol. The van der Waals surface area contributed by atoms with E-state index < -0.39 is 0 Å². The molecule has 1 aromatic carbocycles. The minimum Gasteiger partial charge on any atom is -0.464 e. The summed E-state index contributed by atoms with van der Waals surface area (Å²) in [4.78, 5) is 8.80. The number of aromatic nitrogens is 3. The van der Waals surface area contributed by atoms with Crippen molar-refractivity contribution < 1.29 is 4.42 Å². The van der Waals surface area contributed by atoms with Crippen molar-refractivity contribution in [1.29, 1.82) is 0 Å². The summed E-state index contributed by atoms with van der Waals surface area (Å²) in [5.41, 5.74) is 6.23. The highest BCUT2D eigenvalue weighted by Gasteiger charge is 2.09. The molecule has 0 aliphatic rings. The fourth-order valence-electron chi connectivity index (χ4n) is 3.33. The number of pyridine rings is 2. The zero-order valence-electron chi connectivity index (χ0n) is 14.2. The fourth-order valence-corrected chi connectivity index (χ4v) is 3.33. The Hall–Kier alpha value is -3.60. The molecule has 0 fully saturated rings. The molecule has 5 heteroatoms. The highest BCUT2D eigenvalue weighted by atomic mass is 16.3. The van der Waals surface area contributed by atoms with Crippen LogP contribution in [-0.2, 0) is 0 Å². The van der Waals surface area contributed by atoms with Crippen LogP contribution in [0.25, 0.3) is 27.9 Å². The van der Waals surface area contributed by atoms with Gasteiger partial charge in [-0.3, -0.25) is 4.40 Å². The van der Waals surface area contributed by atoms with Gasteiger partial charge in [0.05, 0.1) is 17.3 Å². The van der Waals surface area contributed by atoms with Crippen LogP contribution in [0.3, 0.4) is 0 Å². The maximum atomic E-state index is 5.44. The van der Waals surface area contributed by atoms with E-state index in [9.17, 15) is 0 Å². The van der Waals surface area contributed by atoms with E-state index in [4.69, 9.17) is 4.42 Å². The summed E-state index contributed by atoms with van der Waals surface area (Å²) in [5.74, 6) is 0.792. The van der Waals surface area contributed by atoms with Gasteiger partial charge in [-0.25, -0.2) is 9.97 Å². The molecule has 0 radical (unpaired) electrons. The number of imidazole rings is 1. The van der Waals surface area contributed by atoms with Crippen LogP contribution in [0.15, 0.2) is 77.8 Å². The van der Waals surface area contributed by atoms with Crippen LogP contribution in [0.5, 0.6) is 0 Å². The number of nitrogens with zero attached hydrogens (tertiary/aromatic N) is 3. The first-order chi connectivity index (χ1) is 12.8. The summed E-state index contributed by atoms with van der Waals surface area (Å²) in [6.07, 6.45) is 7.23. The quantitative estimate of drug-likeness (QED) is 0.491. The second-order valence-electron chi connectivity index (χ2n) is 6.21. The summed E-state index contributed by atoms with van der Waals surface area (Å²) < 4.78 is 7.54. The Kier molecular flexibility index (Phi) is 3.25. The average Bonchev–Trinajstić information content (AvgIpc) is 3.31. The van der Waals surface area contributed by atoms with Gasteiger partial charge >= 0.3 is 0 Å². The van der Waals surface area contributed by atoms with Crippen molar-refractivity contribution in [3.05, 3.63) is 78.9 Å². The molecule has 0 bridgehead atoms. The molecule has 5 nitrogen and oxygen atoms in total. The van der Waals surface area contributed by atoms with E-state index in [0.717, 1.165) is 33.8 Å². The van der Waals surface area contributed by atoms with Gasteiger partial charge in [-0.05, 0) is 48.9 Å². The molecule has 26 heavy (non-hydrogen) atoms. The first-order valence-corrected chi connectivity index (χ1v) is 8.42. The Labute approximate surface area is 149 Å². The molecule has 0 aliphatic heterocycles. The summed E-state index contributed by atoms with van der Waals surface area (Å²) in [5, 5.41) is 4.36. The Morgan fingerprint density at radius 2 is 1.96 bits per heavy atom. The van der Waals surface area contributed by atoms with Crippen molar-refractivity contribution in [2.45, 2.75) is 6.92 Å². The molecule has 0 atom stereocenters. The second-order valence-corrected chi connectivity index (χ2v) is 6.21. The van der Waals surface area contributed by atoms with Crippen molar-refractivity contribution >= 4 is 28.1 Å². The van der Waals surface area contributed by atoms with Gasteiger partial charge in [0, 0.05) is 29.8 Å². The molecule has 4 aromatic heterocycles. The molecule has 0 saturated heterocycles. The minimum absolute atomic E-state index is 0.792. The molecule has 0 aliphatic carbocycles. The van der Waals surface area contributed by atoms with Crippen molar-refractivity contribution in [1.82, 2.24) is 14.4 Å². The highest BCUT2D eigenvalue weighted by molar-refractivity contribution is 5.90. The average molecular weight is 340 g/mol. The first kappa shape index (κ1) is 14.7. The van der Waals surface area contributed by atoms with Gasteiger partial charge < -0.3 is 9.73 Å². The van der Waals surface area contributed by atoms with Crippen LogP contribution >= 0.6 is 0 Å². The Bertz CT molecular complexity index is 1240. The molecule has 4 heterocycles. The third-order valence-electron chi connectivity index (χ3n) is 4.57. The lowest BCUT2D eigenvalue weighted by Gasteiger charge is -2.12. The molecule has 1 N–H and O–H groups in total. The smallest absolute Gasteiger partial charge is 0.141 e. The number of fused-ring (bicyclic) bond motifs is 2. The van der Waals surface area contributed by atoms with Gasteiger partial charge in [0.1, 0.15) is 17.0 Å². The molecule has 126 valence electrons.